The number of nitriles is 1. The van der Waals surface area contributed by atoms with E-state index in [1.165, 1.54) is 29.7 Å². The van der Waals surface area contributed by atoms with Crippen LogP contribution in [0, 0.1) is 11.3 Å². The first-order valence-electron chi connectivity index (χ1n) is 7.10. The van der Waals surface area contributed by atoms with Crippen LogP contribution in [0.5, 0.6) is 0 Å². The minimum Gasteiger partial charge on any atom is -0.393 e. The third kappa shape index (κ3) is 3.50. The first-order chi connectivity index (χ1) is 12.1. The van der Waals surface area contributed by atoms with Gasteiger partial charge >= 0.3 is 0 Å². The van der Waals surface area contributed by atoms with Gasteiger partial charge in [0, 0.05) is 24.4 Å². The standard InChI is InChI=1S/C16H13N7S2/c1-3-19-15-13(14(18)25-16-20-21-22-23(16)2)12(9-24-15)11-6-4-5-10(7-11)8-17/h3-7,9H,1,18H2,2H3/b14-13+,19-15+. The molecule has 0 atom stereocenters. The predicted molar refractivity (Wildman–Crippen MR) is 100 cm³/mol. The molecule has 0 radical (unpaired) electrons. The molecular weight excluding hydrogens is 354 g/mol. The Balaban J connectivity index is 2.07. The highest BCUT2D eigenvalue weighted by molar-refractivity contribution is 8.17. The van der Waals surface area contributed by atoms with Crippen LogP contribution < -0.4 is 5.73 Å². The van der Waals surface area contributed by atoms with Crippen LogP contribution in [0.2, 0.25) is 0 Å². The number of thioether (sulfide) groups is 2. The Morgan fingerprint density at radius 1 is 1.52 bits per heavy atom. The van der Waals surface area contributed by atoms with Crippen molar-refractivity contribution >= 4 is 34.1 Å². The lowest BCUT2D eigenvalue weighted by Crippen LogP contribution is -2.06. The molecule has 1 aliphatic rings. The molecule has 1 aromatic carbocycles. The molecule has 124 valence electrons. The van der Waals surface area contributed by atoms with Crippen LogP contribution in [0.1, 0.15) is 11.1 Å². The number of rotatable bonds is 4. The number of benzene rings is 1. The number of allylic oxidation sites excluding steroid dienone is 1. The fourth-order valence-electron chi connectivity index (χ4n) is 2.19. The van der Waals surface area contributed by atoms with Gasteiger partial charge < -0.3 is 5.73 Å². The monoisotopic (exact) mass is 367 g/mol. The fraction of sp³-hybridized carbons (Fsp3) is 0.0625. The maximum absolute atomic E-state index is 9.14. The number of nitrogens with two attached hydrogens (primary N) is 1. The van der Waals surface area contributed by atoms with E-state index < -0.39 is 0 Å². The highest BCUT2D eigenvalue weighted by Crippen LogP contribution is 2.41. The normalized spacial score (nSPS) is 17.3. The number of aliphatic imine (C=N–C) groups is 1. The first-order valence-corrected chi connectivity index (χ1v) is 8.80. The van der Waals surface area contributed by atoms with Gasteiger partial charge in [-0.15, -0.1) is 5.10 Å². The molecule has 2 aromatic rings. The van der Waals surface area contributed by atoms with Crippen LogP contribution in [0.3, 0.4) is 0 Å². The maximum atomic E-state index is 9.14. The lowest BCUT2D eigenvalue weighted by atomic mass is 9.99. The summed E-state index contributed by atoms with van der Waals surface area (Å²) in [6.45, 7) is 3.66. The van der Waals surface area contributed by atoms with Crippen molar-refractivity contribution in [3.8, 4) is 6.07 Å². The van der Waals surface area contributed by atoms with Crippen molar-refractivity contribution in [2.24, 2.45) is 17.8 Å². The lowest BCUT2D eigenvalue weighted by Gasteiger charge is -2.10. The van der Waals surface area contributed by atoms with E-state index in [1.807, 2.05) is 23.6 Å². The summed E-state index contributed by atoms with van der Waals surface area (Å²) in [6.07, 6.45) is 1.48. The van der Waals surface area contributed by atoms with Crippen molar-refractivity contribution in [3.63, 3.8) is 0 Å². The summed E-state index contributed by atoms with van der Waals surface area (Å²) in [5, 5.41) is 24.3. The molecule has 0 spiro atoms. The Morgan fingerprint density at radius 2 is 2.36 bits per heavy atom. The highest BCUT2D eigenvalue weighted by Gasteiger charge is 2.25. The fourth-order valence-corrected chi connectivity index (χ4v) is 3.96. The lowest BCUT2D eigenvalue weighted by molar-refractivity contribution is 0.665. The van der Waals surface area contributed by atoms with Gasteiger partial charge in [-0.3, -0.25) is 0 Å². The van der Waals surface area contributed by atoms with E-state index in [4.69, 9.17) is 11.0 Å². The molecule has 9 heteroatoms. The summed E-state index contributed by atoms with van der Waals surface area (Å²) in [4.78, 5) is 4.31. The number of aryl methyl sites for hydroxylation is 1. The number of aromatic nitrogens is 4. The van der Waals surface area contributed by atoms with E-state index in [0.29, 0.717) is 15.7 Å². The van der Waals surface area contributed by atoms with Gasteiger partial charge in [-0.2, -0.15) is 5.26 Å². The summed E-state index contributed by atoms with van der Waals surface area (Å²) >= 11 is 2.72. The van der Waals surface area contributed by atoms with E-state index in [9.17, 15) is 0 Å². The number of hydrogen-bond donors (Lipinski definition) is 1. The highest BCUT2D eigenvalue weighted by atomic mass is 32.2. The molecule has 0 saturated heterocycles. The topological polar surface area (TPSA) is 106 Å². The Labute approximate surface area is 153 Å². The predicted octanol–water partition coefficient (Wildman–Crippen LogP) is 2.67. The summed E-state index contributed by atoms with van der Waals surface area (Å²) in [5.41, 5.74) is 9.53. The molecule has 2 N–H and O–H groups in total. The van der Waals surface area contributed by atoms with Crippen molar-refractivity contribution in [3.05, 3.63) is 64.2 Å². The smallest absolute Gasteiger partial charge is 0.215 e. The summed E-state index contributed by atoms with van der Waals surface area (Å²) < 4.78 is 1.55. The van der Waals surface area contributed by atoms with Gasteiger partial charge in [0.2, 0.25) is 5.16 Å². The second-order valence-corrected chi connectivity index (χ2v) is 6.75. The maximum Gasteiger partial charge on any atom is 0.215 e. The van der Waals surface area contributed by atoms with Crippen LogP contribution >= 0.6 is 23.5 Å². The average Bonchev–Trinajstić information content (AvgIpc) is 3.22. The second-order valence-electron chi connectivity index (χ2n) is 4.89. The van der Waals surface area contributed by atoms with Gasteiger partial charge in [-0.05, 0) is 45.3 Å². The Bertz CT molecular complexity index is 963. The number of nitrogens with zero attached hydrogens (tertiary/aromatic N) is 6. The Hall–Kier alpha value is -2.83. The van der Waals surface area contributed by atoms with Crippen molar-refractivity contribution < 1.29 is 0 Å². The molecule has 0 unspecified atom stereocenters. The summed E-state index contributed by atoms with van der Waals surface area (Å²) in [7, 11) is 1.75. The Morgan fingerprint density at radius 3 is 3.04 bits per heavy atom. The van der Waals surface area contributed by atoms with E-state index in [-0.39, 0.29) is 0 Å². The molecule has 3 rings (SSSR count). The zero-order chi connectivity index (χ0) is 17.8. The van der Waals surface area contributed by atoms with Gasteiger partial charge in [-0.25, -0.2) is 9.67 Å². The zero-order valence-corrected chi connectivity index (χ0v) is 14.9. The van der Waals surface area contributed by atoms with Crippen molar-refractivity contribution in [2.45, 2.75) is 5.16 Å². The molecule has 0 amide bonds. The van der Waals surface area contributed by atoms with Crippen molar-refractivity contribution in [2.75, 3.05) is 0 Å². The minimum absolute atomic E-state index is 0.525. The van der Waals surface area contributed by atoms with E-state index in [1.54, 1.807) is 17.8 Å². The average molecular weight is 367 g/mol. The van der Waals surface area contributed by atoms with Gasteiger partial charge in [0.15, 0.2) is 0 Å². The van der Waals surface area contributed by atoms with Crippen LogP contribution in [0.4, 0.5) is 0 Å². The van der Waals surface area contributed by atoms with Gasteiger partial charge in [0.05, 0.1) is 16.7 Å². The quantitative estimate of drug-likeness (QED) is 0.828. The molecule has 1 aliphatic heterocycles. The molecule has 1 aromatic heterocycles. The SMILES string of the molecule is C=C/N=C1/SC=C(c2cccc(C#N)c2)/C1=C(/N)Sc1nnnn1C. The van der Waals surface area contributed by atoms with Crippen molar-refractivity contribution in [1.82, 2.24) is 20.2 Å². The third-order valence-electron chi connectivity index (χ3n) is 3.31. The molecular formula is C16H13N7S2. The van der Waals surface area contributed by atoms with Crippen LogP contribution in [0.25, 0.3) is 5.57 Å². The van der Waals surface area contributed by atoms with E-state index in [2.05, 4.69) is 33.2 Å². The first kappa shape index (κ1) is 17.0. The summed E-state index contributed by atoms with van der Waals surface area (Å²) in [6, 6.07) is 9.52. The van der Waals surface area contributed by atoms with E-state index in [0.717, 1.165) is 21.8 Å². The summed E-state index contributed by atoms with van der Waals surface area (Å²) in [5.74, 6) is 0. The molecule has 0 aliphatic carbocycles. The minimum atomic E-state index is 0.525. The zero-order valence-electron chi connectivity index (χ0n) is 13.2. The molecule has 0 saturated carbocycles. The second kappa shape index (κ2) is 7.38. The molecule has 25 heavy (non-hydrogen) atoms. The van der Waals surface area contributed by atoms with Gasteiger partial charge in [-0.1, -0.05) is 30.5 Å². The molecule has 0 bridgehead atoms. The van der Waals surface area contributed by atoms with Gasteiger partial charge in [0.1, 0.15) is 5.04 Å². The number of hydrogen-bond acceptors (Lipinski definition) is 8. The van der Waals surface area contributed by atoms with Crippen LogP contribution in [0.15, 0.2) is 63.2 Å². The van der Waals surface area contributed by atoms with Crippen molar-refractivity contribution in [1.29, 1.82) is 5.26 Å². The molecule has 7 nitrogen and oxygen atoms in total. The molecule has 0 fully saturated rings. The molecule has 2 heterocycles. The van der Waals surface area contributed by atoms with Crippen LogP contribution in [-0.4, -0.2) is 25.3 Å². The van der Waals surface area contributed by atoms with Gasteiger partial charge in [0.25, 0.3) is 0 Å². The number of tetrazole rings is 1. The van der Waals surface area contributed by atoms with E-state index >= 15 is 0 Å². The largest absolute Gasteiger partial charge is 0.393 e. The van der Waals surface area contributed by atoms with Crippen LogP contribution in [-0.2, 0) is 7.05 Å². The Kier molecular flexibility index (Phi) is 5.02. The third-order valence-corrected chi connectivity index (χ3v) is 5.15.